The van der Waals surface area contributed by atoms with E-state index in [0.717, 1.165) is 0 Å². The van der Waals surface area contributed by atoms with E-state index in [1.54, 1.807) is 18.3 Å². The Hall–Kier alpha value is -2.31. The molecule has 2 rings (SSSR count). The highest BCUT2D eigenvalue weighted by atomic mass is 16.5. The minimum absolute atomic E-state index is 0.0152. The van der Waals surface area contributed by atoms with Crippen LogP contribution in [0.3, 0.4) is 0 Å². The average molecular weight is 221 g/mol. The summed E-state index contributed by atoms with van der Waals surface area (Å²) in [6, 6.07) is 3.77. The summed E-state index contributed by atoms with van der Waals surface area (Å²) >= 11 is 0. The van der Waals surface area contributed by atoms with Crippen molar-refractivity contribution >= 4 is 17.7 Å². The van der Waals surface area contributed by atoms with Crippen LogP contribution < -0.4 is 15.8 Å². The molecule has 0 unspecified atom stereocenters. The zero-order valence-electron chi connectivity index (χ0n) is 8.67. The number of rotatable bonds is 4. The summed E-state index contributed by atoms with van der Waals surface area (Å²) in [4.78, 5) is 4.07. The number of nitrogens with two attached hydrogens (primary N) is 1. The van der Waals surface area contributed by atoms with Crippen molar-refractivity contribution in [1.29, 1.82) is 0 Å². The molecule has 0 aromatic carbocycles. The Kier molecular flexibility index (Phi) is 2.86. The summed E-state index contributed by atoms with van der Waals surface area (Å²) in [6.45, 7) is 2.48. The maximum atomic E-state index is 5.28. The summed E-state index contributed by atoms with van der Waals surface area (Å²) < 4.78 is 10.2. The van der Waals surface area contributed by atoms with E-state index in [-0.39, 0.29) is 12.0 Å². The van der Waals surface area contributed by atoms with Gasteiger partial charge >= 0.3 is 12.0 Å². The lowest BCUT2D eigenvalue weighted by Gasteiger charge is -2.03. The number of hydrogen-bond acceptors (Lipinski definition) is 7. The van der Waals surface area contributed by atoms with Crippen molar-refractivity contribution in [3.8, 4) is 5.88 Å². The summed E-state index contributed by atoms with van der Waals surface area (Å²) in [7, 11) is 0. The third kappa shape index (κ3) is 2.38. The fourth-order valence-electron chi connectivity index (χ4n) is 1.10. The molecule has 16 heavy (non-hydrogen) atoms. The molecule has 0 radical (unpaired) electrons. The van der Waals surface area contributed by atoms with Gasteiger partial charge in [-0.3, -0.25) is 0 Å². The van der Waals surface area contributed by atoms with Gasteiger partial charge in [0.25, 0.3) is 0 Å². The third-order valence-corrected chi connectivity index (χ3v) is 1.72. The van der Waals surface area contributed by atoms with Crippen molar-refractivity contribution in [2.24, 2.45) is 0 Å². The summed E-state index contributed by atoms with van der Waals surface area (Å²) in [5.74, 6) is 0.568. The van der Waals surface area contributed by atoms with E-state index in [9.17, 15) is 0 Å². The molecule has 0 fully saturated rings. The first-order valence-electron chi connectivity index (χ1n) is 4.73. The van der Waals surface area contributed by atoms with Gasteiger partial charge in [-0.1, -0.05) is 10.2 Å². The Bertz CT molecular complexity index is 453. The normalized spacial score (nSPS) is 10.1. The van der Waals surface area contributed by atoms with E-state index in [1.807, 2.05) is 6.92 Å². The number of pyridine rings is 1. The maximum absolute atomic E-state index is 5.28. The highest BCUT2D eigenvalue weighted by molar-refractivity contribution is 5.50. The van der Waals surface area contributed by atoms with E-state index >= 15 is 0 Å². The van der Waals surface area contributed by atoms with Crippen LogP contribution in [0.25, 0.3) is 0 Å². The maximum Gasteiger partial charge on any atom is 0.321 e. The molecule has 0 saturated carbocycles. The lowest BCUT2D eigenvalue weighted by atomic mass is 10.4. The van der Waals surface area contributed by atoms with Gasteiger partial charge in [0.15, 0.2) is 0 Å². The fraction of sp³-hybridized carbons (Fsp3) is 0.222. The molecule has 7 heteroatoms. The van der Waals surface area contributed by atoms with Crippen molar-refractivity contribution in [3.63, 3.8) is 0 Å². The molecule has 0 atom stereocenters. The molecule has 7 nitrogen and oxygen atoms in total. The number of aromatic nitrogens is 3. The first kappa shape index (κ1) is 10.2. The highest BCUT2D eigenvalue weighted by Gasteiger charge is 2.03. The van der Waals surface area contributed by atoms with Gasteiger partial charge in [-0.2, -0.15) is 0 Å². The third-order valence-electron chi connectivity index (χ3n) is 1.72. The zero-order chi connectivity index (χ0) is 11.4. The van der Waals surface area contributed by atoms with Crippen LogP contribution in [-0.2, 0) is 0 Å². The SMILES string of the molecule is CCOc1ccc(Nc2nnc(N)o2)cn1. The Balaban J connectivity index is 2.05. The van der Waals surface area contributed by atoms with Gasteiger partial charge in [0, 0.05) is 6.07 Å². The van der Waals surface area contributed by atoms with Gasteiger partial charge in [0.1, 0.15) is 0 Å². The van der Waals surface area contributed by atoms with Gasteiger partial charge < -0.3 is 20.2 Å². The molecule has 0 aliphatic carbocycles. The molecule has 0 bridgehead atoms. The van der Waals surface area contributed by atoms with Crippen LogP contribution in [-0.4, -0.2) is 21.8 Å². The van der Waals surface area contributed by atoms with Crippen LogP contribution in [0.15, 0.2) is 22.7 Å². The van der Waals surface area contributed by atoms with Crippen molar-refractivity contribution < 1.29 is 9.15 Å². The molecular weight excluding hydrogens is 210 g/mol. The smallest absolute Gasteiger partial charge is 0.321 e. The second-order valence-electron chi connectivity index (χ2n) is 2.89. The zero-order valence-corrected chi connectivity index (χ0v) is 8.67. The van der Waals surface area contributed by atoms with Crippen LogP contribution in [0, 0.1) is 0 Å². The number of ether oxygens (including phenoxy) is 1. The second-order valence-corrected chi connectivity index (χ2v) is 2.89. The number of anilines is 3. The average Bonchev–Trinajstić information content (AvgIpc) is 2.67. The van der Waals surface area contributed by atoms with Crippen molar-refractivity contribution in [3.05, 3.63) is 18.3 Å². The fourth-order valence-corrected chi connectivity index (χ4v) is 1.10. The number of nitrogens with one attached hydrogen (secondary N) is 1. The minimum Gasteiger partial charge on any atom is -0.478 e. The van der Waals surface area contributed by atoms with Crippen LogP contribution >= 0.6 is 0 Å². The highest BCUT2D eigenvalue weighted by Crippen LogP contribution is 2.16. The molecule has 84 valence electrons. The van der Waals surface area contributed by atoms with Crippen LogP contribution in [0.1, 0.15) is 6.92 Å². The predicted molar refractivity (Wildman–Crippen MR) is 57.4 cm³/mol. The molecule has 0 amide bonds. The molecule has 2 heterocycles. The summed E-state index contributed by atoms with van der Waals surface area (Å²) in [5, 5.41) is 10.0. The number of nitrogens with zero attached hydrogens (tertiary/aromatic N) is 3. The van der Waals surface area contributed by atoms with Gasteiger partial charge in [0.05, 0.1) is 18.5 Å². The molecule has 0 aliphatic rings. The lowest BCUT2D eigenvalue weighted by Crippen LogP contribution is -1.95. The first-order valence-corrected chi connectivity index (χ1v) is 4.73. The second kappa shape index (κ2) is 4.47. The molecular formula is C9H11N5O2. The van der Waals surface area contributed by atoms with Gasteiger partial charge in [0.2, 0.25) is 5.88 Å². The minimum atomic E-state index is 0.0152. The van der Waals surface area contributed by atoms with Gasteiger partial charge in [-0.05, 0) is 13.0 Å². The standard InChI is InChI=1S/C9H11N5O2/c1-2-15-7-4-3-6(5-11-7)12-9-14-13-8(10)16-9/h3-5H,2H2,1H3,(H2,10,13)(H,12,14). The van der Waals surface area contributed by atoms with Crippen molar-refractivity contribution in [1.82, 2.24) is 15.2 Å². The van der Waals surface area contributed by atoms with E-state index in [4.69, 9.17) is 14.9 Å². The monoisotopic (exact) mass is 221 g/mol. The van der Waals surface area contributed by atoms with Crippen LogP contribution in [0.5, 0.6) is 5.88 Å². The van der Waals surface area contributed by atoms with E-state index in [0.29, 0.717) is 18.2 Å². The Morgan fingerprint density at radius 2 is 2.31 bits per heavy atom. The molecule has 2 aromatic rings. The molecule has 0 saturated heterocycles. The lowest BCUT2D eigenvalue weighted by molar-refractivity contribution is 0.327. The number of hydrogen-bond donors (Lipinski definition) is 2. The van der Waals surface area contributed by atoms with Crippen molar-refractivity contribution in [2.75, 3.05) is 17.7 Å². The van der Waals surface area contributed by atoms with Gasteiger partial charge in [-0.25, -0.2) is 4.98 Å². The molecule has 0 spiro atoms. The summed E-state index contributed by atoms with van der Waals surface area (Å²) in [5.41, 5.74) is 5.99. The predicted octanol–water partition coefficient (Wildman–Crippen LogP) is 1.19. The Morgan fingerprint density at radius 1 is 1.44 bits per heavy atom. The van der Waals surface area contributed by atoms with Crippen molar-refractivity contribution in [2.45, 2.75) is 6.92 Å². The number of nitrogen functional groups attached to an aromatic ring is 1. The molecule has 2 aromatic heterocycles. The van der Waals surface area contributed by atoms with E-state index in [1.165, 1.54) is 0 Å². The van der Waals surface area contributed by atoms with E-state index in [2.05, 4.69) is 20.5 Å². The summed E-state index contributed by atoms with van der Waals surface area (Å²) in [6.07, 6.45) is 1.60. The van der Waals surface area contributed by atoms with E-state index < -0.39 is 0 Å². The topological polar surface area (TPSA) is 99.1 Å². The van der Waals surface area contributed by atoms with Crippen LogP contribution in [0.4, 0.5) is 17.7 Å². The van der Waals surface area contributed by atoms with Crippen LogP contribution in [0.2, 0.25) is 0 Å². The Morgan fingerprint density at radius 3 is 2.88 bits per heavy atom. The molecule has 0 aliphatic heterocycles. The quantitative estimate of drug-likeness (QED) is 0.799. The van der Waals surface area contributed by atoms with Gasteiger partial charge in [-0.15, -0.1) is 0 Å². The largest absolute Gasteiger partial charge is 0.478 e. The first-order chi connectivity index (χ1) is 7.78. The molecule has 3 N–H and O–H groups in total. The Labute approximate surface area is 91.6 Å².